The summed E-state index contributed by atoms with van der Waals surface area (Å²) in [6.07, 6.45) is -0.147. The number of β-lactam (4-membered cyclic amide) rings is 1. The van der Waals surface area contributed by atoms with Crippen LogP contribution in [0.5, 0.6) is 0 Å². The van der Waals surface area contributed by atoms with Gasteiger partial charge in [-0.25, -0.2) is 14.9 Å². The molecule has 2 aliphatic rings. The molecule has 1 saturated heterocycles. The molecule has 2 aromatic carbocycles. The highest BCUT2D eigenvalue weighted by molar-refractivity contribution is 8.01. The third kappa shape index (κ3) is 5.74. The minimum atomic E-state index is -1.30. The molecule has 0 aliphatic carbocycles. The van der Waals surface area contributed by atoms with E-state index in [4.69, 9.17) is 0 Å². The number of nitrogens with one attached hydrogen (secondary N) is 4. The van der Waals surface area contributed by atoms with Crippen LogP contribution in [0.1, 0.15) is 16.2 Å². The molecule has 2 atom stereocenters. The van der Waals surface area contributed by atoms with Crippen LogP contribution in [0.25, 0.3) is 11.0 Å². The molecule has 5 N–H and O–H groups in total. The number of rotatable bonds is 9. The monoisotopic (exact) mass is 648 g/mol. The number of nitrogens with zero attached hydrogens (tertiary/aromatic N) is 4. The van der Waals surface area contributed by atoms with Gasteiger partial charge in [-0.05, 0) is 29.3 Å². The maximum atomic E-state index is 13.1. The van der Waals surface area contributed by atoms with E-state index in [1.54, 1.807) is 36.4 Å². The van der Waals surface area contributed by atoms with E-state index >= 15 is 0 Å². The van der Waals surface area contributed by atoms with Crippen molar-refractivity contribution in [2.45, 2.75) is 23.0 Å². The Morgan fingerprint density at radius 2 is 1.87 bits per heavy atom. The summed E-state index contributed by atoms with van der Waals surface area (Å²) in [5, 5.41) is 20.9. The van der Waals surface area contributed by atoms with Gasteiger partial charge < -0.3 is 20.7 Å². The van der Waals surface area contributed by atoms with Gasteiger partial charge in [-0.3, -0.25) is 33.4 Å². The molecule has 0 radical (unpaired) electrons. The standard InChI is InChI=1S/C28H24N8O7S2/c1-35-25(41)23(39)33-34-28(35)45-12-14-11-44-26-19(24(40)36(26)20(14)27(42)43)32-18(37)10-13-6-2-3-7-15(13)31-22(38)21-29-16-8-4-5-9-17(16)30-21/h2-9,19,26H,10-12H2,1H3,(H,29,30)(H,31,38)(H,32,37)(H,33,39)(H,42,43)/t19?,26-/m1/s1. The van der Waals surface area contributed by atoms with Crippen molar-refractivity contribution in [3.05, 3.63) is 91.9 Å². The highest BCUT2D eigenvalue weighted by atomic mass is 32.2. The normalized spacial score (nSPS) is 17.5. The summed E-state index contributed by atoms with van der Waals surface area (Å²) in [6, 6.07) is 13.0. The van der Waals surface area contributed by atoms with Crippen LogP contribution in [0.15, 0.2) is 74.5 Å². The van der Waals surface area contributed by atoms with Gasteiger partial charge in [0.2, 0.25) is 5.91 Å². The molecule has 6 rings (SSSR count). The van der Waals surface area contributed by atoms with Crippen molar-refractivity contribution in [1.82, 2.24) is 34.9 Å². The van der Waals surface area contributed by atoms with Crippen LogP contribution in [0.3, 0.4) is 0 Å². The molecular weight excluding hydrogens is 624 g/mol. The number of carbonyl (C=O) groups excluding carboxylic acids is 3. The number of anilines is 1. The average molecular weight is 649 g/mol. The summed E-state index contributed by atoms with van der Waals surface area (Å²) in [5.41, 5.74) is 0.828. The second-order valence-electron chi connectivity index (χ2n) is 10.1. The van der Waals surface area contributed by atoms with E-state index in [-0.39, 0.29) is 34.6 Å². The number of hydrogen-bond donors (Lipinski definition) is 5. The van der Waals surface area contributed by atoms with Gasteiger partial charge in [-0.2, -0.15) is 0 Å². The fraction of sp³-hybridized carbons (Fsp3) is 0.214. The molecule has 1 unspecified atom stereocenters. The van der Waals surface area contributed by atoms with Crippen LogP contribution in [0.2, 0.25) is 0 Å². The SMILES string of the molecule is Cn1c(SCC2=C(C(=O)O)N3C(=O)C(NC(=O)Cc4ccccc4NC(=O)c4nc5ccccc5[nH]4)[C@H]3SC2)n[nH]c(=O)c1=O. The Hall–Kier alpha value is -5.16. The lowest BCUT2D eigenvalue weighted by Gasteiger charge is -2.49. The Labute approximate surface area is 261 Å². The van der Waals surface area contributed by atoms with Crippen LogP contribution in [-0.2, 0) is 27.9 Å². The zero-order valence-electron chi connectivity index (χ0n) is 23.4. The van der Waals surface area contributed by atoms with E-state index in [1.807, 2.05) is 12.1 Å². The molecule has 1 fully saturated rings. The fourth-order valence-electron chi connectivity index (χ4n) is 4.97. The smallest absolute Gasteiger partial charge is 0.352 e. The molecule has 45 heavy (non-hydrogen) atoms. The van der Waals surface area contributed by atoms with E-state index in [0.29, 0.717) is 27.9 Å². The number of fused-ring (bicyclic) bond motifs is 2. The number of amides is 3. The van der Waals surface area contributed by atoms with Crippen molar-refractivity contribution < 1.29 is 24.3 Å². The zero-order valence-corrected chi connectivity index (χ0v) is 25.0. The van der Waals surface area contributed by atoms with E-state index in [1.165, 1.54) is 18.8 Å². The number of para-hydroxylation sites is 3. The Balaban J connectivity index is 1.11. The third-order valence-corrected chi connectivity index (χ3v) is 9.66. The van der Waals surface area contributed by atoms with Crippen molar-refractivity contribution in [3.63, 3.8) is 0 Å². The topological polar surface area (TPSA) is 212 Å². The Morgan fingerprint density at radius 1 is 1.11 bits per heavy atom. The van der Waals surface area contributed by atoms with Gasteiger partial charge in [0.1, 0.15) is 17.1 Å². The van der Waals surface area contributed by atoms with E-state index in [0.717, 1.165) is 21.2 Å². The number of benzene rings is 2. The highest BCUT2D eigenvalue weighted by Gasteiger charge is 2.54. The van der Waals surface area contributed by atoms with Gasteiger partial charge in [-0.1, -0.05) is 42.1 Å². The van der Waals surface area contributed by atoms with Crippen molar-refractivity contribution in [2.75, 3.05) is 16.8 Å². The summed E-state index contributed by atoms with van der Waals surface area (Å²) >= 11 is 2.35. The minimum Gasteiger partial charge on any atom is -0.477 e. The molecule has 4 aromatic rings. The second kappa shape index (κ2) is 12.1. The van der Waals surface area contributed by atoms with Crippen LogP contribution in [0.4, 0.5) is 5.69 Å². The first-order valence-corrected chi connectivity index (χ1v) is 15.5. The summed E-state index contributed by atoms with van der Waals surface area (Å²) in [6.45, 7) is 0. The molecule has 2 aliphatic heterocycles. The predicted molar refractivity (Wildman–Crippen MR) is 165 cm³/mol. The minimum absolute atomic E-state index is 0.102. The molecule has 0 bridgehead atoms. The van der Waals surface area contributed by atoms with E-state index in [9.17, 15) is 33.9 Å². The quantitative estimate of drug-likeness (QED) is 0.0967. The Kier molecular flexibility index (Phi) is 8.03. The summed E-state index contributed by atoms with van der Waals surface area (Å²) < 4.78 is 1.06. The number of hydrogen-bond acceptors (Lipinski definition) is 10. The number of carboxylic acids is 1. The molecule has 15 nitrogen and oxygen atoms in total. The lowest BCUT2D eigenvalue weighted by atomic mass is 10.0. The number of aliphatic carboxylic acids is 1. The molecule has 2 aromatic heterocycles. The number of aromatic nitrogens is 5. The molecule has 3 amide bonds. The number of carbonyl (C=O) groups is 4. The first-order chi connectivity index (χ1) is 21.6. The molecule has 0 saturated carbocycles. The van der Waals surface area contributed by atoms with Gasteiger partial charge in [0.15, 0.2) is 11.0 Å². The number of imidazole rings is 1. The maximum absolute atomic E-state index is 13.1. The fourth-order valence-corrected chi connectivity index (χ4v) is 7.38. The Morgan fingerprint density at radius 3 is 2.64 bits per heavy atom. The van der Waals surface area contributed by atoms with Crippen LogP contribution < -0.4 is 21.8 Å². The average Bonchev–Trinajstić information content (AvgIpc) is 3.47. The first kappa shape index (κ1) is 29.9. The van der Waals surface area contributed by atoms with Crippen molar-refractivity contribution in [3.8, 4) is 0 Å². The van der Waals surface area contributed by atoms with Gasteiger partial charge in [0, 0.05) is 24.2 Å². The number of carboxylic acid groups (broad SMARTS) is 1. The maximum Gasteiger partial charge on any atom is 0.352 e. The lowest BCUT2D eigenvalue weighted by molar-refractivity contribution is -0.150. The molecule has 230 valence electrons. The summed E-state index contributed by atoms with van der Waals surface area (Å²) in [4.78, 5) is 83.1. The molecule has 0 spiro atoms. The molecular formula is C28H24N8O7S2. The van der Waals surface area contributed by atoms with E-state index in [2.05, 4.69) is 30.8 Å². The number of aromatic amines is 2. The lowest BCUT2D eigenvalue weighted by Crippen LogP contribution is -2.70. The largest absolute Gasteiger partial charge is 0.477 e. The zero-order chi connectivity index (χ0) is 31.8. The van der Waals surface area contributed by atoms with Crippen LogP contribution in [0, 0.1) is 0 Å². The number of H-pyrrole nitrogens is 2. The van der Waals surface area contributed by atoms with Gasteiger partial charge >= 0.3 is 17.1 Å². The van der Waals surface area contributed by atoms with Gasteiger partial charge in [0.05, 0.1) is 17.5 Å². The van der Waals surface area contributed by atoms with Crippen molar-refractivity contribution >= 4 is 63.9 Å². The second-order valence-corrected chi connectivity index (χ2v) is 12.1. The van der Waals surface area contributed by atoms with Gasteiger partial charge in [-0.15, -0.1) is 16.9 Å². The molecule has 4 heterocycles. The van der Waals surface area contributed by atoms with Crippen LogP contribution >= 0.6 is 23.5 Å². The first-order valence-electron chi connectivity index (χ1n) is 13.4. The van der Waals surface area contributed by atoms with Crippen LogP contribution in [-0.4, -0.2) is 81.4 Å². The number of thioether (sulfide) groups is 2. The Bertz CT molecular complexity index is 2000. The third-order valence-electron chi connectivity index (χ3n) is 7.20. The van der Waals surface area contributed by atoms with Gasteiger partial charge in [0.25, 0.3) is 11.8 Å². The molecule has 17 heteroatoms. The summed E-state index contributed by atoms with van der Waals surface area (Å²) in [7, 11) is 1.38. The van der Waals surface area contributed by atoms with E-state index < -0.39 is 46.2 Å². The highest BCUT2D eigenvalue weighted by Crippen LogP contribution is 2.41. The van der Waals surface area contributed by atoms with Crippen molar-refractivity contribution in [2.24, 2.45) is 7.05 Å². The predicted octanol–water partition coefficient (Wildman–Crippen LogP) is 0.671. The summed E-state index contributed by atoms with van der Waals surface area (Å²) in [5.74, 6) is -2.36. The van der Waals surface area contributed by atoms with Crippen molar-refractivity contribution in [1.29, 1.82) is 0 Å².